The van der Waals surface area contributed by atoms with E-state index >= 15 is 0 Å². The van der Waals surface area contributed by atoms with Gasteiger partial charge >= 0.3 is 35.1 Å². The van der Waals surface area contributed by atoms with Crippen LogP contribution in [0.3, 0.4) is 0 Å². The van der Waals surface area contributed by atoms with Crippen LogP contribution in [-0.2, 0) is 19.7 Å². The van der Waals surface area contributed by atoms with Gasteiger partial charge in [-0.05, 0) is 0 Å². The Morgan fingerprint density at radius 1 is 0.613 bits per heavy atom. The monoisotopic (exact) mass is 544 g/mol. The van der Waals surface area contributed by atoms with Crippen molar-refractivity contribution in [3.05, 3.63) is 10.8 Å². The van der Waals surface area contributed by atoms with Gasteiger partial charge in [0.2, 0.25) is 0 Å². The normalized spacial score (nSPS) is 15.9. The second-order valence-electron chi connectivity index (χ2n) is 5.69. The van der Waals surface area contributed by atoms with E-state index in [0.29, 0.717) is 0 Å². The smallest absolute Gasteiger partial charge is 0.224 e. The van der Waals surface area contributed by atoms with E-state index in [0.717, 1.165) is 0 Å². The van der Waals surface area contributed by atoms with E-state index in [4.69, 9.17) is 0 Å². The average molecular weight is 544 g/mol. The number of rotatable bonds is 7. The van der Waals surface area contributed by atoms with Crippen molar-refractivity contribution in [3.63, 3.8) is 0 Å². The molecule has 1 heterocycles. The fraction of sp³-hybridized carbons (Fsp3) is 0.636. The summed E-state index contributed by atoms with van der Waals surface area (Å²) in [7, 11) is -12.2. The van der Waals surface area contributed by atoms with Gasteiger partial charge in [-0.25, -0.2) is 16.8 Å². The summed E-state index contributed by atoms with van der Waals surface area (Å²) in [5.41, 5.74) is 0. The first-order chi connectivity index (χ1) is 13.2. The molecule has 0 atom stereocenters. The highest BCUT2D eigenvalue weighted by Gasteiger charge is 2.92. The molecule has 20 heteroatoms. The van der Waals surface area contributed by atoms with E-state index in [-0.39, 0.29) is 28.4 Å². The molecule has 1 aromatic heterocycles. The zero-order valence-corrected chi connectivity index (χ0v) is 16.4. The molecule has 0 radical (unpaired) electrons. The van der Waals surface area contributed by atoms with Crippen molar-refractivity contribution in [2.24, 2.45) is 0 Å². The number of alkyl halides is 13. The Hall–Kier alpha value is -1.31. The summed E-state index contributed by atoms with van der Waals surface area (Å²) in [6.45, 7) is 0. The molecule has 0 amide bonds. The van der Waals surface area contributed by atoms with Gasteiger partial charge in [0.15, 0.2) is 9.84 Å². The van der Waals surface area contributed by atoms with Crippen LogP contribution in [0, 0.1) is 0 Å². The van der Waals surface area contributed by atoms with Crippen LogP contribution < -0.4 is 0 Å². The number of thiophene rings is 1. The lowest BCUT2D eigenvalue weighted by Crippen LogP contribution is -2.71. The van der Waals surface area contributed by atoms with E-state index in [1.165, 1.54) is 0 Å². The molecule has 31 heavy (non-hydrogen) atoms. The predicted molar refractivity (Wildman–Crippen MR) is 75.4 cm³/mol. The highest BCUT2D eigenvalue weighted by molar-refractivity contribution is 7.95. The molecule has 0 saturated carbocycles. The molecule has 0 saturated heterocycles. The topological polar surface area (TPSA) is 68.3 Å². The number of halogens is 13. The second kappa shape index (κ2) is 7.09. The zero-order chi connectivity index (χ0) is 25.3. The summed E-state index contributed by atoms with van der Waals surface area (Å²) in [6, 6.07) is 0. The average Bonchev–Trinajstić information content (AvgIpc) is 3.03. The molecule has 1 rings (SSSR count). The Morgan fingerprint density at radius 2 is 0.968 bits per heavy atom. The van der Waals surface area contributed by atoms with E-state index < -0.39 is 64.6 Å². The summed E-state index contributed by atoms with van der Waals surface area (Å²) < 4.78 is 216. The van der Waals surface area contributed by atoms with E-state index in [2.05, 4.69) is 0 Å². The minimum atomic E-state index is -8.32. The lowest BCUT2D eigenvalue weighted by atomic mass is 9.98. The van der Waals surface area contributed by atoms with Gasteiger partial charge in [0.1, 0.15) is 4.90 Å². The maximum absolute atomic E-state index is 14.0. The van der Waals surface area contributed by atoms with Gasteiger partial charge in [0.05, 0.1) is 4.90 Å². The highest BCUT2D eigenvalue weighted by Crippen LogP contribution is 2.61. The van der Waals surface area contributed by atoms with Crippen LogP contribution in [0.4, 0.5) is 57.1 Å². The minimum Gasteiger partial charge on any atom is -0.224 e. The number of hydrogen-bond acceptors (Lipinski definition) is 5. The Morgan fingerprint density at radius 3 is 1.32 bits per heavy atom. The molecule has 4 nitrogen and oxygen atoms in total. The molecule has 0 bridgehead atoms. The largest absolute Gasteiger partial charge is 0.460 e. The Balaban J connectivity index is 3.81. The van der Waals surface area contributed by atoms with Crippen LogP contribution in [0.5, 0.6) is 0 Å². The Bertz CT molecular complexity index is 1050. The van der Waals surface area contributed by atoms with Gasteiger partial charge in [-0.1, -0.05) is 0 Å². The lowest BCUT2D eigenvalue weighted by Gasteiger charge is -2.39. The number of sulfone groups is 2. The summed E-state index contributed by atoms with van der Waals surface area (Å²) in [5.74, 6) is -32.7. The van der Waals surface area contributed by atoms with Crippen molar-refractivity contribution in [1.82, 2.24) is 0 Å². The molecule has 0 aromatic carbocycles. The maximum Gasteiger partial charge on any atom is 0.460 e. The van der Waals surface area contributed by atoms with Gasteiger partial charge in [-0.3, -0.25) is 0 Å². The predicted octanol–water partition coefficient (Wildman–Crippen LogP) is 4.62. The standard InChI is InChI=1S/C11H5F13O4S3/c1-30(25,26)4-2-29-3-5(4)31(27,28)11(23,24)9(18,19)7(14,15)6(12,13)8(16,17)10(20,21)22/h2-3H,1H3. The Labute approximate surface area is 167 Å². The van der Waals surface area contributed by atoms with Crippen LogP contribution in [-0.4, -0.2) is 58.2 Å². The fourth-order valence-electron chi connectivity index (χ4n) is 1.80. The van der Waals surface area contributed by atoms with Gasteiger partial charge < -0.3 is 0 Å². The summed E-state index contributed by atoms with van der Waals surface area (Å²) in [5, 5.41) is -7.37. The van der Waals surface area contributed by atoms with Gasteiger partial charge in [-0.2, -0.15) is 57.1 Å². The van der Waals surface area contributed by atoms with Gasteiger partial charge in [-0.15, -0.1) is 11.3 Å². The van der Waals surface area contributed by atoms with Gasteiger partial charge in [0.25, 0.3) is 9.84 Å². The van der Waals surface area contributed by atoms with Crippen molar-refractivity contribution in [3.8, 4) is 0 Å². The van der Waals surface area contributed by atoms with Gasteiger partial charge in [0, 0.05) is 17.0 Å². The van der Waals surface area contributed by atoms with Crippen molar-refractivity contribution in [2.75, 3.05) is 6.26 Å². The highest BCUT2D eigenvalue weighted by atomic mass is 32.2. The second-order valence-corrected chi connectivity index (χ2v) is 10.4. The molecule has 0 aliphatic heterocycles. The molecule has 0 unspecified atom stereocenters. The van der Waals surface area contributed by atoms with Crippen molar-refractivity contribution in [1.29, 1.82) is 0 Å². The zero-order valence-electron chi connectivity index (χ0n) is 13.9. The van der Waals surface area contributed by atoms with Crippen molar-refractivity contribution >= 4 is 31.0 Å². The molecule has 0 aliphatic rings. The van der Waals surface area contributed by atoms with Crippen molar-refractivity contribution in [2.45, 2.75) is 44.9 Å². The van der Waals surface area contributed by atoms with Crippen LogP contribution in [0.15, 0.2) is 20.6 Å². The third-order valence-corrected chi connectivity index (χ3v) is 7.68. The van der Waals surface area contributed by atoms with Crippen LogP contribution in [0.2, 0.25) is 0 Å². The Kier molecular flexibility index (Phi) is 6.34. The molecule has 0 fully saturated rings. The SMILES string of the molecule is CS(=O)(=O)c1cscc1S(=O)(=O)C(F)(F)C(F)(F)C(F)(F)C(F)(F)C(F)(F)C(F)(F)F. The summed E-state index contributed by atoms with van der Waals surface area (Å²) in [6.07, 6.45) is -7.52. The molecule has 1 aromatic rings. The first kappa shape index (κ1) is 27.7. The lowest BCUT2D eigenvalue weighted by molar-refractivity contribution is -0.433. The first-order valence-electron chi connectivity index (χ1n) is 6.69. The molecule has 0 spiro atoms. The fourth-order valence-corrected chi connectivity index (χ4v) is 6.33. The van der Waals surface area contributed by atoms with E-state index in [1.807, 2.05) is 0 Å². The maximum atomic E-state index is 14.0. The molecular weight excluding hydrogens is 539 g/mol. The summed E-state index contributed by atoms with van der Waals surface area (Å²) in [4.78, 5) is -3.98. The third kappa shape index (κ3) is 3.66. The van der Waals surface area contributed by atoms with Crippen molar-refractivity contribution < 1.29 is 73.9 Å². The minimum absolute atomic E-state index is 0.0736. The quantitative estimate of drug-likeness (QED) is 0.470. The molecule has 0 N–H and O–H groups in total. The molecule has 0 aliphatic carbocycles. The van der Waals surface area contributed by atoms with E-state index in [1.54, 1.807) is 0 Å². The first-order valence-corrected chi connectivity index (χ1v) is 11.0. The number of hydrogen-bond donors (Lipinski definition) is 0. The van der Waals surface area contributed by atoms with Crippen LogP contribution >= 0.6 is 11.3 Å². The van der Waals surface area contributed by atoms with Crippen LogP contribution in [0.1, 0.15) is 0 Å². The van der Waals surface area contributed by atoms with Crippen LogP contribution in [0.25, 0.3) is 0 Å². The summed E-state index contributed by atoms with van der Waals surface area (Å²) >= 11 is -0.0736. The third-order valence-electron chi connectivity index (χ3n) is 3.52. The molecule has 182 valence electrons. The van der Waals surface area contributed by atoms with E-state index in [9.17, 15) is 73.9 Å². The molecular formula is C11H5F13O4S3.